The molecule has 2 rings (SSSR count). The van der Waals surface area contributed by atoms with Gasteiger partial charge in [0.1, 0.15) is 0 Å². The molecule has 0 atom stereocenters. The lowest BCUT2D eigenvalue weighted by Gasteiger charge is -2.29. The predicted octanol–water partition coefficient (Wildman–Crippen LogP) is 8.19. The van der Waals surface area contributed by atoms with Gasteiger partial charge in [0.2, 0.25) is 0 Å². The van der Waals surface area contributed by atoms with Crippen LogP contribution in [0, 0.1) is 0 Å². The standard InChI is InChI=1S/2C21H38NO.H2O4S/c2*1-5-10-20(11-6-2)21-14-7-12-19(18-21)13-8-15-22(3,4)16-9-17-23;1-5(2,3)4/h2*7,12,14,18,20,23H,5-6,8-11,13,15-17H2,1-4H3;(H2,1,2,3,4)/q2*+1;/p-2. The third-order valence-electron chi connectivity index (χ3n) is 9.69. The van der Waals surface area contributed by atoms with Crippen LogP contribution >= 0.6 is 0 Å². The van der Waals surface area contributed by atoms with Gasteiger partial charge in [0.15, 0.2) is 0 Å². The van der Waals surface area contributed by atoms with Crippen LogP contribution in [-0.2, 0) is 23.2 Å². The highest BCUT2D eigenvalue weighted by Gasteiger charge is 2.16. The number of aliphatic hydroxyl groups is 2. The van der Waals surface area contributed by atoms with E-state index < -0.39 is 10.4 Å². The van der Waals surface area contributed by atoms with Crippen molar-refractivity contribution in [1.29, 1.82) is 0 Å². The maximum absolute atomic E-state index is 8.99. The quantitative estimate of drug-likeness (QED) is 0.0637. The van der Waals surface area contributed by atoms with Gasteiger partial charge in [-0.2, -0.15) is 0 Å². The van der Waals surface area contributed by atoms with E-state index in [0.717, 1.165) is 46.7 Å². The second-order valence-corrected chi connectivity index (χ2v) is 16.4. The lowest BCUT2D eigenvalue weighted by molar-refractivity contribution is -0.890. The van der Waals surface area contributed by atoms with Crippen molar-refractivity contribution in [1.82, 2.24) is 0 Å². The molecule has 2 aromatic carbocycles. The first-order valence-corrected chi connectivity index (χ1v) is 21.1. The highest BCUT2D eigenvalue weighted by Crippen LogP contribution is 2.28. The summed E-state index contributed by atoms with van der Waals surface area (Å²) in [5, 5.41) is 18.0. The fourth-order valence-electron chi connectivity index (χ4n) is 7.00. The molecule has 0 aliphatic carbocycles. The number of aryl methyl sites for hydroxylation is 2. The smallest absolute Gasteiger partial charge is 0.0804 e. The third kappa shape index (κ3) is 26.5. The molecule has 2 aromatic rings. The molecule has 0 amide bonds. The van der Waals surface area contributed by atoms with Crippen molar-refractivity contribution >= 4 is 10.4 Å². The Morgan fingerprint density at radius 2 is 0.863 bits per heavy atom. The second kappa shape index (κ2) is 27.7. The van der Waals surface area contributed by atoms with Crippen molar-refractivity contribution < 1.29 is 36.7 Å². The van der Waals surface area contributed by atoms with E-state index in [1.54, 1.807) is 11.1 Å². The average molecular weight is 737 g/mol. The topological polar surface area (TPSA) is 121 Å². The molecule has 0 radical (unpaired) electrons. The van der Waals surface area contributed by atoms with Gasteiger partial charge < -0.3 is 28.3 Å². The maximum Gasteiger partial charge on any atom is 0.0804 e. The lowest BCUT2D eigenvalue weighted by Crippen LogP contribution is -2.41. The Bertz CT molecular complexity index is 1150. The number of hydrogen-bond acceptors (Lipinski definition) is 6. The summed E-state index contributed by atoms with van der Waals surface area (Å²) in [6.07, 6.45) is 16.9. The van der Waals surface area contributed by atoms with Crippen LogP contribution in [0.25, 0.3) is 0 Å². The Morgan fingerprint density at radius 1 is 0.569 bits per heavy atom. The molecule has 0 unspecified atom stereocenters. The molecular formula is C42H76N2O6S. The zero-order valence-electron chi connectivity index (χ0n) is 33.7. The van der Waals surface area contributed by atoms with Crippen LogP contribution in [0.15, 0.2) is 48.5 Å². The molecule has 0 fully saturated rings. The van der Waals surface area contributed by atoms with Gasteiger partial charge in [-0.25, -0.2) is 0 Å². The van der Waals surface area contributed by atoms with Crippen molar-refractivity contribution in [3.8, 4) is 0 Å². The van der Waals surface area contributed by atoms with Crippen LogP contribution in [0.1, 0.15) is 139 Å². The Morgan fingerprint density at radius 3 is 1.14 bits per heavy atom. The first-order valence-electron chi connectivity index (χ1n) is 19.7. The molecular weight excluding hydrogens is 661 g/mol. The number of quaternary nitrogens is 2. The van der Waals surface area contributed by atoms with E-state index in [2.05, 4.69) is 104 Å². The highest BCUT2D eigenvalue weighted by molar-refractivity contribution is 7.79. The Kier molecular flexibility index (Phi) is 26.7. The summed E-state index contributed by atoms with van der Waals surface area (Å²) in [7, 11) is 3.91. The molecule has 0 aliphatic heterocycles. The summed E-state index contributed by atoms with van der Waals surface area (Å²) >= 11 is 0. The molecule has 9 heteroatoms. The number of rotatable bonds is 24. The van der Waals surface area contributed by atoms with Crippen molar-refractivity contribution in [2.24, 2.45) is 0 Å². The van der Waals surface area contributed by atoms with Crippen molar-refractivity contribution in [3.05, 3.63) is 70.8 Å². The Hall–Kier alpha value is -1.85. The van der Waals surface area contributed by atoms with E-state index >= 15 is 0 Å². The van der Waals surface area contributed by atoms with E-state index in [1.807, 2.05) is 0 Å². The lowest BCUT2D eigenvalue weighted by atomic mass is 9.89. The van der Waals surface area contributed by atoms with Crippen LogP contribution in [0.5, 0.6) is 0 Å². The molecule has 0 aromatic heterocycles. The summed E-state index contributed by atoms with van der Waals surface area (Å²) in [5.74, 6) is 1.48. The van der Waals surface area contributed by atoms with Crippen LogP contribution < -0.4 is 0 Å². The molecule has 296 valence electrons. The molecule has 0 saturated carbocycles. The van der Waals surface area contributed by atoms with Gasteiger partial charge in [0, 0.05) is 49.3 Å². The van der Waals surface area contributed by atoms with Gasteiger partial charge in [0.25, 0.3) is 0 Å². The SMILES string of the molecule is CCCC(CCC)c1cccc(CCC[N+](C)(C)CCCO)c1.CCCC(CCC)c1cccc(CCC[N+](C)(C)CCCO)c1.O=S(=O)([O-])[O-]. The van der Waals surface area contributed by atoms with Gasteiger partial charge in [0.05, 0.1) is 54.4 Å². The predicted molar refractivity (Wildman–Crippen MR) is 212 cm³/mol. The van der Waals surface area contributed by atoms with Crippen LogP contribution in [0.2, 0.25) is 0 Å². The maximum atomic E-state index is 8.99. The summed E-state index contributed by atoms with van der Waals surface area (Å²) < 4.78 is 36.1. The van der Waals surface area contributed by atoms with Gasteiger partial charge in [-0.3, -0.25) is 8.42 Å². The van der Waals surface area contributed by atoms with Gasteiger partial charge in [-0.05, 0) is 72.6 Å². The van der Waals surface area contributed by atoms with Crippen molar-refractivity contribution in [3.63, 3.8) is 0 Å². The molecule has 0 spiro atoms. The Labute approximate surface area is 314 Å². The second-order valence-electron chi connectivity index (χ2n) is 15.6. The normalized spacial score (nSPS) is 12.0. The zero-order valence-corrected chi connectivity index (χ0v) is 34.6. The number of nitrogens with zero attached hydrogens (tertiary/aromatic N) is 2. The molecule has 2 N–H and O–H groups in total. The van der Waals surface area contributed by atoms with E-state index in [-0.39, 0.29) is 0 Å². The zero-order chi connectivity index (χ0) is 38.8. The third-order valence-corrected chi connectivity index (χ3v) is 9.69. The summed E-state index contributed by atoms with van der Waals surface area (Å²) in [6, 6.07) is 18.6. The molecule has 0 bridgehead atoms. The van der Waals surface area contributed by atoms with Crippen molar-refractivity contribution in [2.75, 3.05) is 67.6 Å². The summed E-state index contributed by atoms with van der Waals surface area (Å²) in [5.41, 5.74) is 6.06. The van der Waals surface area contributed by atoms with E-state index in [9.17, 15) is 0 Å². The summed E-state index contributed by atoms with van der Waals surface area (Å²) in [6.45, 7) is 14.3. The number of aliphatic hydroxyl groups excluding tert-OH is 2. The number of hydrogen-bond donors (Lipinski definition) is 2. The minimum absolute atomic E-state index is 0.306. The minimum atomic E-state index is -5.17. The van der Waals surface area contributed by atoms with Crippen LogP contribution in [0.4, 0.5) is 0 Å². The monoisotopic (exact) mass is 737 g/mol. The molecule has 0 heterocycles. The van der Waals surface area contributed by atoms with E-state index in [1.165, 1.54) is 101 Å². The fraction of sp³-hybridized carbons (Fsp3) is 0.714. The van der Waals surface area contributed by atoms with E-state index in [0.29, 0.717) is 13.2 Å². The largest absolute Gasteiger partial charge is 0.759 e. The minimum Gasteiger partial charge on any atom is -0.759 e. The highest BCUT2D eigenvalue weighted by atomic mass is 32.3. The summed E-state index contributed by atoms with van der Waals surface area (Å²) in [4.78, 5) is 0. The molecule has 0 saturated heterocycles. The van der Waals surface area contributed by atoms with E-state index in [4.69, 9.17) is 27.7 Å². The fourth-order valence-corrected chi connectivity index (χ4v) is 7.00. The molecule has 8 nitrogen and oxygen atoms in total. The first kappa shape index (κ1) is 49.1. The average Bonchev–Trinajstić information content (AvgIpc) is 3.06. The Balaban J connectivity index is 0.000000865. The van der Waals surface area contributed by atoms with Gasteiger partial charge in [-0.1, -0.05) is 102 Å². The molecule has 51 heavy (non-hydrogen) atoms. The van der Waals surface area contributed by atoms with Crippen LogP contribution in [0.3, 0.4) is 0 Å². The number of benzene rings is 2. The van der Waals surface area contributed by atoms with Crippen molar-refractivity contribution in [2.45, 2.75) is 129 Å². The van der Waals surface area contributed by atoms with Gasteiger partial charge in [-0.15, -0.1) is 0 Å². The first-order chi connectivity index (χ1) is 24.0. The van der Waals surface area contributed by atoms with Crippen LogP contribution in [-0.4, -0.2) is 104 Å². The molecule has 0 aliphatic rings. The van der Waals surface area contributed by atoms with Gasteiger partial charge >= 0.3 is 0 Å².